The summed E-state index contributed by atoms with van der Waals surface area (Å²) in [4.78, 5) is 27.5. The van der Waals surface area contributed by atoms with Gasteiger partial charge in [0.1, 0.15) is 5.76 Å². The summed E-state index contributed by atoms with van der Waals surface area (Å²) in [6.45, 7) is 0.686. The van der Waals surface area contributed by atoms with E-state index in [0.29, 0.717) is 41.4 Å². The van der Waals surface area contributed by atoms with Crippen molar-refractivity contribution in [3.05, 3.63) is 120 Å². The summed E-state index contributed by atoms with van der Waals surface area (Å²) in [5, 5.41) is 14.7. The van der Waals surface area contributed by atoms with Crippen LogP contribution in [-0.2, 0) is 13.1 Å². The summed E-state index contributed by atoms with van der Waals surface area (Å²) >= 11 is 0. The van der Waals surface area contributed by atoms with Crippen LogP contribution in [0.15, 0.2) is 102 Å². The van der Waals surface area contributed by atoms with Gasteiger partial charge in [-0.1, -0.05) is 42.5 Å². The van der Waals surface area contributed by atoms with Gasteiger partial charge in [0.2, 0.25) is 0 Å². The molecule has 4 aromatic rings. The molecule has 0 radical (unpaired) electrons. The first-order valence-electron chi connectivity index (χ1n) is 10.6. The SMILES string of the molecule is N#Cc1cccc(NC(=O)c2cccc(NC(=O)N(Cc3ccccc3)Cc3ccco3)c2)c1. The fourth-order valence-corrected chi connectivity index (χ4v) is 3.40. The molecule has 7 nitrogen and oxygen atoms in total. The Hall–Kier alpha value is -4.83. The molecule has 0 saturated heterocycles. The Bertz CT molecular complexity index is 1310. The molecule has 34 heavy (non-hydrogen) atoms. The maximum atomic E-state index is 13.1. The molecule has 1 heterocycles. The zero-order valence-corrected chi connectivity index (χ0v) is 18.3. The number of rotatable bonds is 7. The van der Waals surface area contributed by atoms with Crippen LogP contribution in [0.2, 0.25) is 0 Å². The molecule has 4 rings (SSSR count). The summed E-state index contributed by atoms with van der Waals surface area (Å²) in [6.07, 6.45) is 1.57. The van der Waals surface area contributed by atoms with Gasteiger partial charge in [0.05, 0.1) is 24.4 Å². The Morgan fingerprint density at radius 3 is 2.32 bits per heavy atom. The van der Waals surface area contributed by atoms with E-state index in [2.05, 4.69) is 10.6 Å². The molecule has 168 valence electrons. The number of urea groups is 1. The second-order valence-corrected chi connectivity index (χ2v) is 7.58. The minimum absolute atomic E-state index is 0.295. The summed E-state index contributed by atoms with van der Waals surface area (Å²) in [7, 11) is 0. The third-order valence-corrected chi connectivity index (χ3v) is 5.06. The van der Waals surface area contributed by atoms with Gasteiger partial charge in [-0.3, -0.25) is 4.79 Å². The summed E-state index contributed by atoms with van der Waals surface area (Å²) in [5.41, 5.74) is 2.82. The van der Waals surface area contributed by atoms with Crippen LogP contribution in [0.25, 0.3) is 0 Å². The lowest BCUT2D eigenvalue weighted by molar-refractivity contribution is 0.102. The van der Waals surface area contributed by atoms with Crippen molar-refractivity contribution in [1.29, 1.82) is 5.26 Å². The van der Waals surface area contributed by atoms with E-state index in [1.54, 1.807) is 65.8 Å². The van der Waals surface area contributed by atoms with Crippen LogP contribution in [0.3, 0.4) is 0 Å². The molecule has 0 aliphatic rings. The topological polar surface area (TPSA) is 98.4 Å². The van der Waals surface area contributed by atoms with Crippen molar-refractivity contribution in [2.75, 3.05) is 10.6 Å². The minimum atomic E-state index is -0.345. The number of nitriles is 1. The molecular formula is C27H22N4O3. The molecule has 0 spiro atoms. The molecule has 0 fully saturated rings. The average molecular weight is 450 g/mol. The van der Waals surface area contributed by atoms with E-state index in [1.807, 2.05) is 42.5 Å². The second-order valence-electron chi connectivity index (χ2n) is 7.58. The van der Waals surface area contributed by atoms with Gasteiger partial charge in [0.25, 0.3) is 5.91 Å². The van der Waals surface area contributed by atoms with Crippen LogP contribution in [0.1, 0.15) is 27.2 Å². The van der Waals surface area contributed by atoms with Gasteiger partial charge in [0.15, 0.2) is 0 Å². The normalized spacial score (nSPS) is 10.2. The smallest absolute Gasteiger partial charge is 0.322 e. The second kappa shape index (κ2) is 10.7. The first kappa shape index (κ1) is 22.4. The third-order valence-electron chi connectivity index (χ3n) is 5.06. The van der Waals surface area contributed by atoms with Crippen LogP contribution < -0.4 is 10.6 Å². The Kier molecular flexibility index (Phi) is 7.01. The van der Waals surface area contributed by atoms with Crippen molar-refractivity contribution < 1.29 is 14.0 Å². The molecule has 0 bridgehead atoms. The van der Waals surface area contributed by atoms with Gasteiger partial charge in [-0.05, 0) is 54.1 Å². The van der Waals surface area contributed by atoms with Gasteiger partial charge in [-0.2, -0.15) is 5.26 Å². The van der Waals surface area contributed by atoms with Crippen molar-refractivity contribution >= 4 is 23.3 Å². The molecule has 3 amide bonds. The van der Waals surface area contributed by atoms with E-state index in [4.69, 9.17) is 9.68 Å². The predicted octanol–water partition coefficient (Wildman–Crippen LogP) is 5.64. The van der Waals surface area contributed by atoms with Crippen LogP contribution >= 0.6 is 0 Å². The third kappa shape index (κ3) is 5.90. The van der Waals surface area contributed by atoms with E-state index in [-0.39, 0.29) is 11.9 Å². The maximum Gasteiger partial charge on any atom is 0.322 e. The zero-order valence-electron chi connectivity index (χ0n) is 18.3. The van der Waals surface area contributed by atoms with E-state index < -0.39 is 0 Å². The van der Waals surface area contributed by atoms with Gasteiger partial charge >= 0.3 is 6.03 Å². The van der Waals surface area contributed by atoms with Crippen LogP contribution in [0.4, 0.5) is 16.2 Å². The highest BCUT2D eigenvalue weighted by molar-refractivity contribution is 6.05. The highest BCUT2D eigenvalue weighted by atomic mass is 16.3. The Balaban J connectivity index is 1.47. The van der Waals surface area contributed by atoms with Gasteiger partial charge in [-0.25, -0.2) is 4.79 Å². The number of amides is 3. The van der Waals surface area contributed by atoms with Gasteiger partial charge in [0, 0.05) is 23.5 Å². The van der Waals surface area contributed by atoms with E-state index in [1.165, 1.54) is 0 Å². The first-order valence-corrected chi connectivity index (χ1v) is 10.6. The Labute approximate surface area is 197 Å². The number of carbonyl (C=O) groups excluding carboxylic acids is 2. The number of benzene rings is 3. The molecule has 0 saturated carbocycles. The highest BCUT2D eigenvalue weighted by Gasteiger charge is 2.17. The fourth-order valence-electron chi connectivity index (χ4n) is 3.40. The number of hydrogen-bond acceptors (Lipinski definition) is 4. The minimum Gasteiger partial charge on any atom is -0.467 e. The summed E-state index contributed by atoms with van der Waals surface area (Å²) in [6, 6.07) is 28.3. The number of anilines is 2. The molecule has 0 aliphatic heterocycles. The van der Waals surface area contributed by atoms with Crippen molar-refractivity contribution in [3.63, 3.8) is 0 Å². The lowest BCUT2D eigenvalue weighted by atomic mass is 10.1. The Morgan fingerprint density at radius 1 is 0.824 bits per heavy atom. The summed E-state index contributed by atoms with van der Waals surface area (Å²) < 4.78 is 5.43. The lowest BCUT2D eigenvalue weighted by Crippen LogP contribution is -2.34. The molecule has 7 heteroatoms. The molecule has 0 atom stereocenters. The number of carbonyl (C=O) groups is 2. The molecule has 3 aromatic carbocycles. The largest absolute Gasteiger partial charge is 0.467 e. The number of nitrogens with one attached hydrogen (secondary N) is 2. The molecular weight excluding hydrogens is 428 g/mol. The van der Waals surface area contributed by atoms with E-state index >= 15 is 0 Å². The van der Waals surface area contributed by atoms with Crippen molar-refractivity contribution in [2.45, 2.75) is 13.1 Å². The van der Waals surface area contributed by atoms with E-state index in [0.717, 1.165) is 5.56 Å². The van der Waals surface area contributed by atoms with Crippen LogP contribution in [-0.4, -0.2) is 16.8 Å². The lowest BCUT2D eigenvalue weighted by Gasteiger charge is -2.22. The predicted molar refractivity (Wildman–Crippen MR) is 129 cm³/mol. The molecule has 0 aliphatic carbocycles. The molecule has 2 N–H and O–H groups in total. The monoisotopic (exact) mass is 450 g/mol. The van der Waals surface area contributed by atoms with Crippen molar-refractivity contribution in [3.8, 4) is 6.07 Å². The maximum absolute atomic E-state index is 13.1. The standard InChI is InChI=1S/C27H22N4O3/c28-17-21-9-4-11-23(15-21)29-26(32)22-10-5-12-24(16-22)30-27(33)31(19-25-13-6-14-34-25)18-20-7-2-1-3-8-20/h1-16H,18-19H2,(H,29,32)(H,30,33). The summed E-state index contributed by atoms with van der Waals surface area (Å²) in [5.74, 6) is 0.321. The van der Waals surface area contributed by atoms with E-state index in [9.17, 15) is 9.59 Å². The fraction of sp³-hybridized carbons (Fsp3) is 0.0741. The van der Waals surface area contributed by atoms with Gasteiger partial charge < -0.3 is 20.0 Å². The zero-order chi connectivity index (χ0) is 23.8. The Morgan fingerprint density at radius 2 is 1.59 bits per heavy atom. The highest BCUT2D eigenvalue weighted by Crippen LogP contribution is 2.17. The van der Waals surface area contributed by atoms with Crippen LogP contribution in [0, 0.1) is 11.3 Å². The van der Waals surface area contributed by atoms with Crippen molar-refractivity contribution in [2.24, 2.45) is 0 Å². The quantitative estimate of drug-likeness (QED) is 0.381. The number of furan rings is 1. The number of nitrogens with zero attached hydrogens (tertiary/aromatic N) is 2. The first-order chi connectivity index (χ1) is 16.6. The van der Waals surface area contributed by atoms with Crippen LogP contribution in [0.5, 0.6) is 0 Å². The number of hydrogen-bond donors (Lipinski definition) is 2. The molecule has 1 aromatic heterocycles. The average Bonchev–Trinajstić information content (AvgIpc) is 3.38. The molecule has 0 unspecified atom stereocenters. The van der Waals surface area contributed by atoms with Crippen molar-refractivity contribution in [1.82, 2.24) is 4.90 Å². The van der Waals surface area contributed by atoms with Gasteiger partial charge in [-0.15, -0.1) is 0 Å².